The number of ether oxygens (including phenoxy) is 1. The van der Waals surface area contributed by atoms with Crippen molar-refractivity contribution in [3.8, 4) is 0 Å². The molecule has 0 heterocycles. The average molecular weight is 170 g/mol. The van der Waals surface area contributed by atoms with Gasteiger partial charge in [0.05, 0.1) is 13.4 Å². The van der Waals surface area contributed by atoms with E-state index in [1.165, 1.54) is 19.3 Å². The number of hydrogen-bond acceptors (Lipinski definition) is 2. The summed E-state index contributed by atoms with van der Waals surface area (Å²) in [6.45, 7) is 0. The number of carbonyl (C=O) groups excluding carboxylic acids is 1. The molecule has 0 spiro atoms. The highest BCUT2D eigenvalue weighted by Crippen LogP contribution is 2.04. The topological polar surface area (TPSA) is 26.3 Å². The number of carbonyl (C=O) groups is 1. The lowest BCUT2D eigenvalue weighted by Gasteiger charge is -1.95. The lowest BCUT2D eigenvalue weighted by Crippen LogP contribution is -1.79. The van der Waals surface area contributed by atoms with Crippen LogP contribution in [0.5, 0.6) is 0 Å². The summed E-state index contributed by atoms with van der Waals surface area (Å²) in [7, 11) is 1.65. The first kappa shape index (κ1) is 11.2. The molecule has 0 aromatic heterocycles. The lowest BCUT2D eigenvalue weighted by atomic mass is 10.1. The van der Waals surface area contributed by atoms with Crippen LogP contribution < -0.4 is 0 Å². The molecule has 0 N–H and O–H groups in total. The Morgan fingerprint density at radius 2 is 1.75 bits per heavy atom. The van der Waals surface area contributed by atoms with Gasteiger partial charge in [-0.3, -0.25) is 0 Å². The Hall–Kier alpha value is -0.790. The largest absolute Gasteiger partial charge is 0.505 e. The monoisotopic (exact) mass is 170 g/mol. The summed E-state index contributed by atoms with van der Waals surface area (Å²) >= 11 is 0. The van der Waals surface area contributed by atoms with Gasteiger partial charge >= 0.3 is 0 Å². The summed E-state index contributed by atoms with van der Waals surface area (Å²) in [5.41, 5.74) is 0. The van der Waals surface area contributed by atoms with Crippen LogP contribution in [0.1, 0.15) is 38.5 Å². The van der Waals surface area contributed by atoms with Gasteiger partial charge in [0.1, 0.15) is 6.29 Å². The minimum Gasteiger partial charge on any atom is -0.505 e. The summed E-state index contributed by atoms with van der Waals surface area (Å²) in [4.78, 5) is 9.95. The Kier molecular flexibility index (Phi) is 9.54. The standard InChI is InChI=1S/C10H18O2/c1-12-10-8-6-4-2-3-5-7-9-11/h8-10H,2-7H2,1H3/b10-8+. The van der Waals surface area contributed by atoms with Crippen LogP contribution in [-0.4, -0.2) is 13.4 Å². The molecule has 0 saturated heterocycles. The predicted molar refractivity (Wildman–Crippen MR) is 49.9 cm³/mol. The van der Waals surface area contributed by atoms with Crippen molar-refractivity contribution >= 4 is 6.29 Å². The summed E-state index contributed by atoms with van der Waals surface area (Å²) in [5.74, 6) is 0. The molecular weight excluding hydrogens is 152 g/mol. The van der Waals surface area contributed by atoms with Crippen molar-refractivity contribution in [1.82, 2.24) is 0 Å². The summed E-state index contributed by atoms with van der Waals surface area (Å²) in [5, 5.41) is 0. The zero-order valence-corrected chi connectivity index (χ0v) is 7.79. The second kappa shape index (κ2) is 10.2. The van der Waals surface area contributed by atoms with E-state index in [4.69, 9.17) is 4.74 Å². The van der Waals surface area contributed by atoms with Crippen molar-refractivity contribution < 1.29 is 9.53 Å². The van der Waals surface area contributed by atoms with Crippen LogP contribution in [0.25, 0.3) is 0 Å². The van der Waals surface area contributed by atoms with Gasteiger partial charge in [-0.05, 0) is 25.3 Å². The van der Waals surface area contributed by atoms with E-state index < -0.39 is 0 Å². The van der Waals surface area contributed by atoms with Crippen molar-refractivity contribution in [1.29, 1.82) is 0 Å². The van der Waals surface area contributed by atoms with Crippen molar-refractivity contribution in [3.05, 3.63) is 12.3 Å². The maximum atomic E-state index is 9.95. The Labute approximate surface area is 74.6 Å². The molecule has 0 saturated carbocycles. The molecule has 2 heteroatoms. The normalized spacial score (nSPS) is 10.4. The highest BCUT2D eigenvalue weighted by atomic mass is 16.5. The van der Waals surface area contributed by atoms with Crippen molar-refractivity contribution in [3.63, 3.8) is 0 Å². The van der Waals surface area contributed by atoms with E-state index in [9.17, 15) is 4.79 Å². The van der Waals surface area contributed by atoms with Crippen LogP contribution in [0, 0.1) is 0 Å². The molecule has 0 amide bonds. The number of allylic oxidation sites excluding steroid dienone is 1. The molecule has 0 aliphatic rings. The molecule has 12 heavy (non-hydrogen) atoms. The molecular formula is C10H18O2. The second-order valence-electron chi connectivity index (χ2n) is 2.77. The number of methoxy groups -OCH3 is 1. The lowest BCUT2D eigenvalue weighted by molar-refractivity contribution is -0.107. The molecule has 0 aromatic carbocycles. The van der Waals surface area contributed by atoms with Crippen molar-refractivity contribution in [2.45, 2.75) is 38.5 Å². The van der Waals surface area contributed by atoms with Gasteiger partial charge in [-0.1, -0.05) is 12.8 Å². The molecule has 0 aliphatic heterocycles. The van der Waals surface area contributed by atoms with E-state index in [1.807, 2.05) is 6.08 Å². The number of aldehydes is 1. The fraction of sp³-hybridized carbons (Fsp3) is 0.700. The van der Waals surface area contributed by atoms with Crippen LogP contribution >= 0.6 is 0 Å². The van der Waals surface area contributed by atoms with Gasteiger partial charge < -0.3 is 9.53 Å². The van der Waals surface area contributed by atoms with Gasteiger partial charge in [-0.25, -0.2) is 0 Å². The van der Waals surface area contributed by atoms with E-state index >= 15 is 0 Å². The Morgan fingerprint density at radius 1 is 1.08 bits per heavy atom. The molecule has 0 atom stereocenters. The minimum atomic E-state index is 0.716. The maximum Gasteiger partial charge on any atom is 0.119 e. The number of unbranched alkanes of at least 4 members (excludes halogenated alkanes) is 5. The molecule has 70 valence electrons. The van der Waals surface area contributed by atoms with Crippen molar-refractivity contribution in [2.24, 2.45) is 0 Å². The molecule has 2 nitrogen and oxygen atoms in total. The summed E-state index contributed by atoms with van der Waals surface area (Å²) in [6.07, 6.45) is 11.1. The maximum absolute atomic E-state index is 9.95. The summed E-state index contributed by atoms with van der Waals surface area (Å²) in [6, 6.07) is 0. The Morgan fingerprint density at radius 3 is 2.33 bits per heavy atom. The molecule has 0 bridgehead atoms. The number of rotatable bonds is 8. The molecule has 0 rings (SSSR count). The van der Waals surface area contributed by atoms with Gasteiger partial charge in [-0.2, -0.15) is 0 Å². The van der Waals surface area contributed by atoms with Crippen LogP contribution in [-0.2, 0) is 9.53 Å². The quantitative estimate of drug-likeness (QED) is 0.318. The predicted octanol–water partition coefficient (Wildman–Crippen LogP) is 2.69. The van der Waals surface area contributed by atoms with Gasteiger partial charge in [0.15, 0.2) is 0 Å². The molecule has 0 radical (unpaired) electrons. The third-order valence-corrected chi connectivity index (χ3v) is 1.68. The average Bonchev–Trinajstić information content (AvgIpc) is 2.10. The SMILES string of the molecule is CO/C=C/CCCCCCC=O. The first-order valence-corrected chi connectivity index (χ1v) is 4.53. The van der Waals surface area contributed by atoms with Crippen LogP contribution in [0.3, 0.4) is 0 Å². The van der Waals surface area contributed by atoms with Gasteiger partial charge in [0.2, 0.25) is 0 Å². The van der Waals surface area contributed by atoms with E-state index in [1.54, 1.807) is 13.4 Å². The van der Waals surface area contributed by atoms with Gasteiger partial charge in [-0.15, -0.1) is 0 Å². The fourth-order valence-corrected chi connectivity index (χ4v) is 1.01. The fourth-order valence-electron chi connectivity index (χ4n) is 1.01. The first-order chi connectivity index (χ1) is 5.91. The molecule has 0 aromatic rings. The van der Waals surface area contributed by atoms with Crippen molar-refractivity contribution in [2.75, 3.05) is 7.11 Å². The van der Waals surface area contributed by atoms with Crippen LogP contribution in [0.2, 0.25) is 0 Å². The van der Waals surface area contributed by atoms with Gasteiger partial charge in [0, 0.05) is 6.42 Å². The first-order valence-electron chi connectivity index (χ1n) is 4.53. The second-order valence-corrected chi connectivity index (χ2v) is 2.77. The Balaban J connectivity index is 2.90. The molecule has 0 fully saturated rings. The highest BCUT2D eigenvalue weighted by Gasteiger charge is 1.87. The molecule has 0 unspecified atom stereocenters. The smallest absolute Gasteiger partial charge is 0.119 e. The Bertz CT molecular complexity index is 119. The van der Waals surface area contributed by atoms with E-state index in [0.717, 1.165) is 19.1 Å². The third-order valence-electron chi connectivity index (χ3n) is 1.68. The van der Waals surface area contributed by atoms with Crippen LogP contribution in [0.4, 0.5) is 0 Å². The van der Waals surface area contributed by atoms with Crippen LogP contribution in [0.15, 0.2) is 12.3 Å². The highest BCUT2D eigenvalue weighted by molar-refractivity contribution is 5.48. The van der Waals surface area contributed by atoms with E-state index in [2.05, 4.69) is 0 Å². The third kappa shape index (κ3) is 9.21. The summed E-state index contributed by atoms with van der Waals surface area (Å²) < 4.78 is 4.76. The zero-order valence-electron chi connectivity index (χ0n) is 7.79. The minimum absolute atomic E-state index is 0.716. The number of hydrogen-bond donors (Lipinski definition) is 0. The van der Waals surface area contributed by atoms with Gasteiger partial charge in [0.25, 0.3) is 0 Å². The zero-order chi connectivity index (χ0) is 9.07. The molecule has 0 aliphatic carbocycles. The van der Waals surface area contributed by atoms with E-state index in [0.29, 0.717) is 6.42 Å². The van der Waals surface area contributed by atoms with E-state index in [-0.39, 0.29) is 0 Å².